The summed E-state index contributed by atoms with van der Waals surface area (Å²) in [6, 6.07) is 8.41. The first-order valence-electron chi connectivity index (χ1n) is 10.4. The minimum absolute atomic E-state index is 0.0372. The highest BCUT2D eigenvalue weighted by Crippen LogP contribution is 2.08. The Balaban J connectivity index is 1.72. The summed E-state index contributed by atoms with van der Waals surface area (Å²) in [7, 11) is 0. The van der Waals surface area contributed by atoms with E-state index < -0.39 is 0 Å². The van der Waals surface area contributed by atoms with E-state index in [0.29, 0.717) is 32.7 Å². The van der Waals surface area contributed by atoms with E-state index >= 15 is 0 Å². The van der Waals surface area contributed by atoms with E-state index in [4.69, 9.17) is 0 Å². The van der Waals surface area contributed by atoms with Crippen molar-refractivity contribution in [2.45, 2.75) is 33.9 Å². The maximum absolute atomic E-state index is 12.4. The molecule has 0 unspecified atom stereocenters. The van der Waals surface area contributed by atoms with Crippen molar-refractivity contribution in [2.24, 2.45) is 0 Å². The van der Waals surface area contributed by atoms with Gasteiger partial charge < -0.3 is 15.5 Å². The molecule has 7 nitrogen and oxygen atoms in total. The second-order valence-corrected chi connectivity index (χ2v) is 7.15. The summed E-state index contributed by atoms with van der Waals surface area (Å²) in [5.74, 6) is 0.0462. The molecular formula is C21H35N5O2. The molecule has 1 aliphatic heterocycles. The predicted molar refractivity (Wildman–Crippen MR) is 112 cm³/mol. The third-order valence-electron chi connectivity index (χ3n) is 5.17. The average molecular weight is 390 g/mol. The Hall–Kier alpha value is -2.12. The van der Waals surface area contributed by atoms with Gasteiger partial charge in [0.2, 0.25) is 5.91 Å². The number of hydrogen-bond acceptors (Lipinski definition) is 4. The fourth-order valence-corrected chi connectivity index (χ4v) is 3.32. The molecule has 0 spiro atoms. The Morgan fingerprint density at radius 2 is 1.54 bits per heavy atom. The maximum Gasteiger partial charge on any atom is 0.317 e. The number of piperazine rings is 1. The molecule has 0 aromatic heterocycles. The summed E-state index contributed by atoms with van der Waals surface area (Å²) < 4.78 is 0. The van der Waals surface area contributed by atoms with Gasteiger partial charge >= 0.3 is 6.03 Å². The second kappa shape index (κ2) is 11.7. The van der Waals surface area contributed by atoms with Crippen molar-refractivity contribution >= 4 is 11.9 Å². The molecule has 0 radical (unpaired) electrons. The van der Waals surface area contributed by atoms with Gasteiger partial charge in [0.1, 0.15) is 0 Å². The number of hydrogen-bond donors (Lipinski definition) is 2. The van der Waals surface area contributed by atoms with Gasteiger partial charge in [0.25, 0.3) is 0 Å². The van der Waals surface area contributed by atoms with Gasteiger partial charge in [0.05, 0.1) is 6.54 Å². The summed E-state index contributed by atoms with van der Waals surface area (Å²) in [6.45, 7) is 13.6. The first-order chi connectivity index (χ1) is 13.5. The monoisotopic (exact) mass is 389 g/mol. The van der Waals surface area contributed by atoms with E-state index in [1.54, 1.807) is 0 Å². The highest BCUT2D eigenvalue weighted by atomic mass is 16.2. The van der Waals surface area contributed by atoms with Crippen molar-refractivity contribution in [2.75, 3.05) is 52.4 Å². The fraction of sp³-hybridized carbons (Fsp3) is 0.619. The quantitative estimate of drug-likeness (QED) is 0.672. The molecule has 1 saturated heterocycles. The zero-order valence-corrected chi connectivity index (χ0v) is 17.5. The highest BCUT2D eigenvalue weighted by Gasteiger charge is 2.22. The van der Waals surface area contributed by atoms with Gasteiger partial charge in [0, 0.05) is 45.8 Å². The maximum atomic E-state index is 12.4. The Morgan fingerprint density at radius 1 is 0.929 bits per heavy atom. The van der Waals surface area contributed by atoms with Crippen LogP contribution in [0.4, 0.5) is 4.79 Å². The van der Waals surface area contributed by atoms with Crippen molar-refractivity contribution in [1.82, 2.24) is 25.3 Å². The van der Waals surface area contributed by atoms with E-state index in [9.17, 15) is 9.59 Å². The topological polar surface area (TPSA) is 67.9 Å². The molecule has 1 fully saturated rings. The molecule has 1 aliphatic rings. The molecule has 1 heterocycles. The van der Waals surface area contributed by atoms with Crippen LogP contribution in [0.2, 0.25) is 0 Å². The predicted octanol–water partition coefficient (Wildman–Crippen LogP) is 1.49. The SMILES string of the molecule is CCNC(=O)CN1CCN(C(=O)NCc2ccc(CN(CC)CC)cc2)CC1. The number of benzene rings is 1. The zero-order chi connectivity index (χ0) is 20.4. The molecule has 0 atom stereocenters. The van der Waals surface area contributed by atoms with E-state index in [1.807, 2.05) is 11.8 Å². The Bertz CT molecular complexity index is 608. The van der Waals surface area contributed by atoms with Gasteiger partial charge in [-0.2, -0.15) is 0 Å². The Morgan fingerprint density at radius 3 is 2.11 bits per heavy atom. The molecule has 3 amide bonds. The van der Waals surface area contributed by atoms with Gasteiger partial charge in [-0.3, -0.25) is 14.6 Å². The van der Waals surface area contributed by atoms with Crippen molar-refractivity contribution in [1.29, 1.82) is 0 Å². The number of urea groups is 1. The van der Waals surface area contributed by atoms with Crippen molar-refractivity contribution in [3.63, 3.8) is 0 Å². The van der Waals surface area contributed by atoms with E-state index in [2.05, 4.69) is 58.5 Å². The van der Waals surface area contributed by atoms with Crippen LogP contribution in [0.25, 0.3) is 0 Å². The molecule has 0 saturated carbocycles. The molecule has 1 aromatic rings. The Labute approximate surface area is 169 Å². The number of nitrogens with zero attached hydrogens (tertiary/aromatic N) is 3. The Kier molecular flexibility index (Phi) is 9.23. The summed E-state index contributed by atoms with van der Waals surface area (Å²) in [5.41, 5.74) is 2.40. The lowest BCUT2D eigenvalue weighted by molar-refractivity contribution is -0.122. The third kappa shape index (κ3) is 7.13. The number of carbonyl (C=O) groups excluding carboxylic acids is 2. The van der Waals surface area contributed by atoms with Crippen LogP contribution in [0, 0.1) is 0 Å². The van der Waals surface area contributed by atoms with Gasteiger partial charge in [0.15, 0.2) is 0 Å². The normalized spacial score (nSPS) is 14.9. The summed E-state index contributed by atoms with van der Waals surface area (Å²) in [4.78, 5) is 30.3. The number of nitrogens with one attached hydrogen (secondary N) is 2. The number of likely N-dealkylation sites (N-methyl/N-ethyl adjacent to an activating group) is 1. The molecule has 7 heteroatoms. The zero-order valence-electron chi connectivity index (χ0n) is 17.5. The van der Waals surface area contributed by atoms with Gasteiger partial charge in [-0.25, -0.2) is 4.79 Å². The first-order valence-corrected chi connectivity index (χ1v) is 10.4. The van der Waals surface area contributed by atoms with Crippen LogP contribution < -0.4 is 10.6 Å². The molecule has 2 N–H and O–H groups in total. The summed E-state index contributed by atoms with van der Waals surface area (Å²) in [5, 5.41) is 5.82. The molecule has 0 bridgehead atoms. The van der Waals surface area contributed by atoms with E-state index in [1.165, 1.54) is 5.56 Å². The van der Waals surface area contributed by atoms with Crippen LogP contribution in [0.3, 0.4) is 0 Å². The molecule has 28 heavy (non-hydrogen) atoms. The van der Waals surface area contributed by atoms with E-state index in [0.717, 1.165) is 38.3 Å². The van der Waals surface area contributed by atoms with Gasteiger partial charge in [-0.15, -0.1) is 0 Å². The van der Waals surface area contributed by atoms with Crippen LogP contribution in [0.15, 0.2) is 24.3 Å². The average Bonchev–Trinajstić information content (AvgIpc) is 2.71. The minimum Gasteiger partial charge on any atom is -0.355 e. The number of carbonyl (C=O) groups is 2. The van der Waals surface area contributed by atoms with Gasteiger partial charge in [-0.1, -0.05) is 38.1 Å². The first kappa shape index (κ1) is 22.2. The largest absolute Gasteiger partial charge is 0.355 e. The molecule has 0 aliphatic carbocycles. The molecular weight excluding hydrogens is 354 g/mol. The van der Waals surface area contributed by atoms with Crippen LogP contribution in [-0.4, -0.2) is 79.0 Å². The minimum atomic E-state index is -0.0372. The second-order valence-electron chi connectivity index (χ2n) is 7.15. The van der Waals surface area contributed by atoms with Crippen LogP contribution >= 0.6 is 0 Å². The van der Waals surface area contributed by atoms with E-state index in [-0.39, 0.29) is 11.9 Å². The van der Waals surface area contributed by atoms with Crippen LogP contribution in [-0.2, 0) is 17.9 Å². The van der Waals surface area contributed by atoms with Crippen LogP contribution in [0.5, 0.6) is 0 Å². The molecule has 2 rings (SSSR count). The molecule has 1 aromatic carbocycles. The smallest absolute Gasteiger partial charge is 0.317 e. The third-order valence-corrected chi connectivity index (χ3v) is 5.17. The van der Waals surface area contributed by atoms with Crippen LogP contribution in [0.1, 0.15) is 31.9 Å². The lowest BCUT2D eigenvalue weighted by atomic mass is 10.1. The number of rotatable bonds is 9. The molecule has 156 valence electrons. The van der Waals surface area contributed by atoms with Crippen molar-refractivity contribution < 1.29 is 9.59 Å². The van der Waals surface area contributed by atoms with Crippen molar-refractivity contribution in [3.8, 4) is 0 Å². The lowest BCUT2D eigenvalue weighted by Crippen LogP contribution is -2.53. The standard InChI is InChI=1S/C21H35N5O2/c1-4-22-20(27)17-25-11-13-26(14-12-25)21(28)23-15-18-7-9-19(10-8-18)16-24(5-2)6-3/h7-10H,4-6,11-17H2,1-3H3,(H,22,27)(H,23,28). The fourth-order valence-electron chi connectivity index (χ4n) is 3.32. The van der Waals surface area contributed by atoms with Crippen molar-refractivity contribution in [3.05, 3.63) is 35.4 Å². The summed E-state index contributed by atoms with van der Waals surface area (Å²) in [6.07, 6.45) is 0. The highest BCUT2D eigenvalue weighted by molar-refractivity contribution is 5.78. The van der Waals surface area contributed by atoms with Gasteiger partial charge in [-0.05, 0) is 31.1 Å². The lowest BCUT2D eigenvalue weighted by Gasteiger charge is -2.34. The number of amides is 3. The summed E-state index contributed by atoms with van der Waals surface area (Å²) >= 11 is 0.